The molecule has 2 heterocycles. The molecule has 5 rings (SSSR count). The van der Waals surface area contributed by atoms with E-state index in [0.29, 0.717) is 33.7 Å². The first-order valence-corrected chi connectivity index (χ1v) is 10.6. The van der Waals surface area contributed by atoms with Crippen molar-refractivity contribution < 1.29 is 14.3 Å². The normalized spacial score (nSPS) is 38.5. The second-order valence-electron chi connectivity index (χ2n) is 7.37. The number of thioether (sulfide) groups is 1. The zero-order valence-electron chi connectivity index (χ0n) is 14.3. The van der Waals surface area contributed by atoms with Gasteiger partial charge in [0.2, 0.25) is 0 Å². The molecule has 1 saturated carbocycles. The zero-order valence-corrected chi connectivity index (χ0v) is 16.6. The van der Waals surface area contributed by atoms with Crippen molar-refractivity contribution in [1.82, 2.24) is 5.32 Å². The van der Waals surface area contributed by atoms with Gasteiger partial charge in [0.05, 0.1) is 28.3 Å². The van der Waals surface area contributed by atoms with Crippen molar-refractivity contribution in [2.24, 2.45) is 16.8 Å². The highest BCUT2D eigenvalue weighted by Gasteiger charge is 2.62. The Bertz CT molecular complexity index is 840. The lowest BCUT2D eigenvalue weighted by Gasteiger charge is -2.47. The van der Waals surface area contributed by atoms with E-state index in [1.165, 1.54) is 6.07 Å². The van der Waals surface area contributed by atoms with E-state index in [1.54, 1.807) is 23.9 Å². The van der Waals surface area contributed by atoms with Crippen molar-refractivity contribution >= 4 is 46.5 Å². The molecule has 0 amide bonds. The smallest absolute Gasteiger partial charge is 0.339 e. The summed E-state index contributed by atoms with van der Waals surface area (Å²) in [6.07, 6.45) is 5.12. The first-order valence-electron chi connectivity index (χ1n) is 8.95. The summed E-state index contributed by atoms with van der Waals surface area (Å²) in [6.45, 7) is 0.978. The van der Waals surface area contributed by atoms with Crippen LogP contribution in [0.15, 0.2) is 35.3 Å². The van der Waals surface area contributed by atoms with Crippen molar-refractivity contribution in [2.45, 2.75) is 29.5 Å². The first kappa shape index (κ1) is 18.0. The van der Waals surface area contributed by atoms with Crippen LogP contribution in [0, 0.1) is 11.8 Å². The molecule has 1 N–H and O–H groups in total. The molecule has 0 radical (unpaired) electrons. The molecule has 142 valence electrons. The number of esters is 1. The predicted octanol–water partition coefficient (Wildman–Crippen LogP) is 3.55. The fourth-order valence-corrected chi connectivity index (χ4v) is 6.34. The van der Waals surface area contributed by atoms with E-state index in [4.69, 9.17) is 32.7 Å². The maximum absolute atomic E-state index is 12.4. The molecule has 6 atom stereocenters. The molecule has 6 unspecified atom stereocenters. The van der Waals surface area contributed by atoms with Crippen molar-refractivity contribution in [3.8, 4) is 0 Å². The molecule has 8 heteroatoms. The number of carbonyl (C=O) groups excluding carboxylic acids is 1. The third-order valence-electron chi connectivity index (χ3n) is 5.85. The highest BCUT2D eigenvalue weighted by molar-refractivity contribution is 8.12. The van der Waals surface area contributed by atoms with Crippen molar-refractivity contribution in [1.29, 1.82) is 0 Å². The van der Waals surface area contributed by atoms with Gasteiger partial charge < -0.3 is 9.47 Å². The average molecular weight is 425 g/mol. The van der Waals surface area contributed by atoms with Gasteiger partial charge in [-0.1, -0.05) is 35.4 Å². The number of ether oxygens (including phenoxy) is 2. The number of hydrogen-bond acceptors (Lipinski definition) is 6. The quantitative estimate of drug-likeness (QED) is 0.591. The molecule has 1 aromatic rings. The number of aliphatic imine (C=N–C) groups is 1. The van der Waals surface area contributed by atoms with Gasteiger partial charge >= 0.3 is 5.97 Å². The molecular weight excluding hydrogens is 407 g/mol. The average Bonchev–Trinajstić information content (AvgIpc) is 3.32. The fraction of sp³-hybridized carbons (Fsp3) is 0.474. The SMILES string of the molecule is O=C(OCC1NC2C3C=CC(C3)(O1)C2C1CN=CS1)c1ccc(Cl)cc1Cl. The number of rotatable bonds is 4. The number of hydrogen-bond donors (Lipinski definition) is 1. The van der Waals surface area contributed by atoms with E-state index in [1.807, 2.05) is 5.55 Å². The molecular formula is C19H18Cl2N2O3S. The van der Waals surface area contributed by atoms with Gasteiger partial charge in [0, 0.05) is 22.2 Å². The van der Waals surface area contributed by atoms with Gasteiger partial charge in [-0.15, -0.1) is 11.8 Å². The van der Waals surface area contributed by atoms with E-state index >= 15 is 0 Å². The molecule has 3 bridgehead atoms. The topological polar surface area (TPSA) is 59.9 Å². The van der Waals surface area contributed by atoms with E-state index in [9.17, 15) is 4.79 Å². The third-order valence-corrected chi connectivity index (χ3v) is 7.46. The number of carbonyl (C=O) groups is 1. The summed E-state index contributed by atoms with van der Waals surface area (Å²) >= 11 is 13.8. The van der Waals surface area contributed by atoms with Crippen LogP contribution < -0.4 is 5.32 Å². The summed E-state index contributed by atoms with van der Waals surface area (Å²) in [5.74, 6) is 0.370. The van der Waals surface area contributed by atoms with Gasteiger partial charge in [-0.3, -0.25) is 10.3 Å². The molecule has 0 aromatic heterocycles. The number of nitrogens with zero attached hydrogens (tertiary/aromatic N) is 1. The largest absolute Gasteiger partial charge is 0.458 e. The highest BCUT2D eigenvalue weighted by atomic mass is 35.5. The van der Waals surface area contributed by atoms with Crippen LogP contribution in [0.4, 0.5) is 0 Å². The Morgan fingerprint density at radius 1 is 1.44 bits per heavy atom. The van der Waals surface area contributed by atoms with Gasteiger partial charge in [0.25, 0.3) is 0 Å². The lowest BCUT2D eigenvalue weighted by atomic mass is 9.81. The molecule has 2 aliphatic heterocycles. The maximum Gasteiger partial charge on any atom is 0.339 e. The lowest BCUT2D eigenvalue weighted by Crippen LogP contribution is -2.62. The molecule has 1 saturated heterocycles. The number of halogens is 2. The fourth-order valence-electron chi connectivity index (χ4n) is 4.78. The molecule has 27 heavy (non-hydrogen) atoms. The van der Waals surface area contributed by atoms with E-state index in [0.717, 1.165) is 13.0 Å². The Kier molecular flexibility index (Phi) is 4.52. The van der Waals surface area contributed by atoms with Gasteiger partial charge in [0.15, 0.2) is 0 Å². The van der Waals surface area contributed by atoms with Crippen LogP contribution in [0.25, 0.3) is 0 Å². The number of nitrogens with one attached hydrogen (secondary N) is 1. The highest BCUT2D eigenvalue weighted by Crippen LogP contribution is 2.55. The summed E-state index contributed by atoms with van der Waals surface area (Å²) in [7, 11) is 0. The van der Waals surface area contributed by atoms with Gasteiger partial charge in [-0.25, -0.2) is 4.79 Å². The minimum absolute atomic E-state index is 0.137. The summed E-state index contributed by atoms with van der Waals surface area (Å²) in [6, 6.07) is 5.05. The van der Waals surface area contributed by atoms with Crippen LogP contribution in [0.1, 0.15) is 16.8 Å². The minimum atomic E-state index is -0.477. The zero-order chi connectivity index (χ0) is 18.6. The summed E-state index contributed by atoms with van der Waals surface area (Å²) in [5, 5.41) is 4.75. The Morgan fingerprint density at radius 2 is 2.33 bits per heavy atom. The van der Waals surface area contributed by atoms with Crippen LogP contribution in [0.2, 0.25) is 10.0 Å². The molecule has 2 fully saturated rings. The van der Waals surface area contributed by atoms with Crippen molar-refractivity contribution in [3.05, 3.63) is 46.0 Å². The number of fused-ring (bicyclic) bond motifs is 3. The molecule has 1 aromatic carbocycles. The minimum Gasteiger partial charge on any atom is -0.458 e. The molecule has 5 nitrogen and oxygen atoms in total. The molecule has 2 aliphatic carbocycles. The van der Waals surface area contributed by atoms with Crippen molar-refractivity contribution in [3.63, 3.8) is 0 Å². The van der Waals surface area contributed by atoms with Crippen LogP contribution >= 0.6 is 35.0 Å². The van der Waals surface area contributed by atoms with Gasteiger partial charge in [-0.2, -0.15) is 0 Å². The predicted molar refractivity (Wildman–Crippen MR) is 107 cm³/mol. The summed E-state index contributed by atoms with van der Waals surface area (Å²) in [5.41, 5.74) is 1.97. The maximum atomic E-state index is 12.4. The third kappa shape index (κ3) is 3.02. The van der Waals surface area contributed by atoms with Crippen LogP contribution in [0.5, 0.6) is 0 Å². The Labute approximate surface area is 171 Å². The van der Waals surface area contributed by atoms with E-state index in [2.05, 4.69) is 22.5 Å². The van der Waals surface area contributed by atoms with Crippen molar-refractivity contribution in [2.75, 3.05) is 13.2 Å². The van der Waals surface area contributed by atoms with Crippen LogP contribution in [0.3, 0.4) is 0 Å². The Balaban J connectivity index is 1.26. The summed E-state index contributed by atoms with van der Waals surface area (Å²) in [4.78, 5) is 16.7. The van der Waals surface area contributed by atoms with Crippen LogP contribution in [-0.2, 0) is 9.47 Å². The van der Waals surface area contributed by atoms with Gasteiger partial charge in [0.1, 0.15) is 12.8 Å². The molecule has 1 spiro atoms. The summed E-state index contributed by atoms with van der Waals surface area (Å²) < 4.78 is 11.9. The number of benzene rings is 1. The monoisotopic (exact) mass is 424 g/mol. The second-order valence-corrected chi connectivity index (χ2v) is 9.31. The Hall–Kier alpha value is -1.05. The first-order chi connectivity index (χ1) is 13.1. The molecule has 4 aliphatic rings. The lowest BCUT2D eigenvalue weighted by molar-refractivity contribution is -0.147. The van der Waals surface area contributed by atoms with Crippen LogP contribution in [-0.4, -0.2) is 47.8 Å². The second kappa shape index (κ2) is 6.78. The van der Waals surface area contributed by atoms with E-state index < -0.39 is 5.97 Å². The van der Waals surface area contributed by atoms with E-state index in [-0.39, 0.29) is 23.5 Å². The standard InChI is InChI=1S/C19H18Cl2N2O3S/c20-11-1-2-12(13(21)5-11)18(24)25-8-15-23-17-10-3-4-19(6-10,26-15)16(17)14-7-22-9-27-14/h1-5,9-10,14-17,23H,6-8H2. The van der Waals surface area contributed by atoms with Gasteiger partial charge in [-0.05, 0) is 30.5 Å². The Morgan fingerprint density at radius 3 is 3.07 bits per heavy atom.